The first kappa shape index (κ1) is 14.2. The summed E-state index contributed by atoms with van der Waals surface area (Å²) in [6.45, 7) is 5.60. The number of anilines is 1. The topological polar surface area (TPSA) is 49.4 Å². The van der Waals surface area contributed by atoms with Gasteiger partial charge in [0.2, 0.25) is 10.0 Å². The van der Waals surface area contributed by atoms with Crippen molar-refractivity contribution < 1.29 is 8.42 Å². The predicted octanol–water partition coefficient (Wildman–Crippen LogP) is 2.17. The average Bonchev–Trinajstić information content (AvgIpc) is 2.89. The smallest absolute Gasteiger partial charge is 0.243 e. The normalized spacial score (nSPS) is 27.1. The van der Waals surface area contributed by atoms with Gasteiger partial charge >= 0.3 is 0 Å². The lowest BCUT2D eigenvalue weighted by Gasteiger charge is -2.36. The van der Waals surface area contributed by atoms with Crippen LogP contribution in [0.1, 0.15) is 19.4 Å². The van der Waals surface area contributed by atoms with Crippen molar-refractivity contribution in [2.75, 3.05) is 24.2 Å². The van der Waals surface area contributed by atoms with E-state index in [1.807, 2.05) is 30.8 Å². The highest BCUT2D eigenvalue weighted by Crippen LogP contribution is 2.31. The van der Waals surface area contributed by atoms with Gasteiger partial charge in [-0.15, -0.1) is 0 Å². The number of hydrogen-bond donors (Lipinski definition) is 1. The summed E-state index contributed by atoms with van der Waals surface area (Å²) >= 11 is 1.85. The third-order valence-corrected chi connectivity index (χ3v) is 7.54. The molecule has 1 aromatic carbocycles. The Bertz CT molecular complexity index is 616. The first-order chi connectivity index (χ1) is 9.50. The molecule has 0 radical (unpaired) electrons. The SMILES string of the molecule is CC1SCCN(S(=O)(=O)c2ccc3c(c2)CCN3)C1C. The van der Waals surface area contributed by atoms with Gasteiger partial charge in [-0.3, -0.25) is 0 Å². The van der Waals surface area contributed by atoms with Crippen molar-refractivity contribution in [3.05, 3.63) is 23.8 Å². The molecule has 0 aromatic heterocycles. The predicted molar refractivity (Wildman–Crippen MR) is 83.9 cm³/mol. The fourth-order valence-electron chi connectivity index (χ4n) is 2.82. The zero-order chi connectivity index (χ0) is 14.3. The van der Waals surface area contributed by atoms with Crippen molar-refractivity contribution in [3.63, 3.8) is 0 Å². The number of fused-ring (bicyclic) bond motifs is 1. The monoisotopic (exact) mass is 312 g/mol. The van der Waals surface area contributed by atoms with E-state index in [-0.39, 0.29) is 6.04 Å². The van der Waals surface area contributed by atoms with Crippen molar-refractivity contribution in [3.8, 4) is 0 Å². The molecule has 0 aliphatic carbocycles. The highest BCUT2D eigenvalue weighted by Gasteiger charge is 2.35. The minimum absolute atomic E-state index is 0.0464. The molecule has 1 saturated heterocycles. The number of thioether (sulfide) groups is 1. The van der Waals surface area contributed by atoms with E-state index in [1.165, 1.54) is 0 Å². The quantitative estimate of drug-likeness (QED) is 0.909. The van der Waals surface area contributed by atoms with Crippen molar-refractivity contribution in [1.82, 2.24) is 4.31 Å². The summed E-state index contributed by atoms with van der Waals surface area (Å²) in [5.41, 5.74) is 2.18. The van der Waals surface area contributed by atoms with Crippen LogP contribution in [0.15, 0.2) is 23.1 Å². The largest absolute Gasteiger partial charge is 0.384 e. The maximum Gasteiger partial charge on any atom is 0.243 e. The first-order valence-corrected chi connectivity index (χ1v) is 9.49. The molecule has 0 amide bonds. The van der Waals surface area contributed by atoms with Crippen LogP contribution >= 0.6 is 11.8 Å². The molecule has 2 aliphatic heterocycles. The lowest BCUT2D eigenvalue weighted by Crippen LogP contribution is -2.47. The molecule has 3 rings (SSSR count). The highest BCUT2D eigenvalue weighted by molar-refractivity contribution is 8.00. The van der Waals surface area contributed by atoms with Crippen LogP contribution in [0.25, 0.3) is 0 Å². The maximum atomic E-state index is 12.8. The molecule has 2 atom stereocenters. The summed E-state index contributed by atoms with van der Waals surface area (Å²) in [5, 5.41) is 3.60. The Kier molecular flexibility index (Phi) is 3.73. The van der Waals surface area contributed by atoms with Crippen LogP contribution < -0.4 is 5.32 Å². The van der Waals surface area contributed by atoms with Gasteiger partial charge in [0.15, 0.2) is 0 Å². The minimum atomic E-state index is -3.37. The molecule has 0 spiro atoms. The molecular formula is C14H20N2O2S2. The van der Waals surface area contributed by atoms with Crippen LogP contribution in [0, 0.1) is 0 Å². The summed E-state index contributed by atoms with van der Waals surface area (Å²) in [6, 6.07) is 5.50. The number of nitrogens with zero attached hydrogens (tertiary/aromatic N) is 1. The lowest BCUT2D eigenvalue weighted by molar-refractivity contribution is 0.340. The Morgan fingerprint density at radius 2 is 2.15 bits per heavy atom. The van der Waals surface area contributed by atoms with E-state index in [0.29, 0.717) is 16.7 Å². The van der Waals surface area contributed by atoms with Gasteiger partial charge in [-0.05, 0) is 37.1 Å². The van der Waals surface area contributed by atoms with Crippen LogP contribution in [0.2, 0.25) is 0 Å². The molecule has 6 heteroatoms. The van der Waals surface area contributed by atoms with Crippen LogP contribution in [0.3, 0.4) is 0 Å². The van der Waals surface area contributed by atoms with Gasteiger partial charge in [0, 0.05) is 35.8 Å². The van der Waals surface area contributed by atoms with Gasteiger partial charge in [0.1, 0.15) is 0 Å². The van der Waals surface area contributed by atoms with Crippen LogP contribution in [-0.2, 0) is 16.4 Å². The minimum Gasteiger partial charge on any atom is -0.384 e. The molecule has 110 valence electrons. The molecule has 2 aliphatic rings. The Labute approximate surface area is 125 Å². The van der Waals surface area contributed by atoms with Gasteiger partial charge in [-0.25, -0.2) is 8.42 Å². The molecule has 2 unspecified atom stereocenters. The van der Waals surface area contributed by atoms with Crippen LogP contribution in [0.5, 0.6) is 0 Å². The van der Waals surface area contributed by atoms with Gasteiger partial charge in [-0.2, -0.15) is 16.1 Å². The van der Waals surface area contributed by atoms with E-state index in [0.717, 1.165) is 30.0 Å². The van der Waals surface area contributed by atoms with Crippen LogP contribution in [0.4, 0.5) is 5.69 Å². The fraction of sp³-hybridized carbons (Fsp3) is 0.571. The number of nitrogens with one attached hydrogen (secondary N) is 1. The number of sulfonamides is 1. The second kappa shape index (κ2) is 5.24. The fourth-order valence-corrected chi connectivity index (χ4v) is 5.87. The average molecular weight is 312 g/mol. The molecule has 2 heterocycles. The zero-order valence-electron chi connectivity index (χ0n) is 11.8. The van der Waals surface area contributed by atoms with E-state index in [2.05, 4.69) is 12.2 Å². The molecule has 0 bridgehead atoms. The van der Waals surface area contributed by atoms with Gasteiger partial charge in [0.25, 0.3) is 0 Å². The summed E-state index contributed by atoms with van der Waals surface area (Å²) in [5.74, 6) is 0.872. The van der Waals surface area contributed by atoms with Crippen LogP contribution in [-0.4, -0.2) is 42.9 Å². The number of benzene rings is 1. The first-order valence-electron chi connectivity index (χ1n) is 7.00. The van der Waals surface area contributed by atoms with Gasteiger partial charge in [-0.1, -0.05) is 6.92 Å². The van der Waals surface area contributed by atoms with E-state index >= 15 is 0 Å². The molecular weight excluding hydrogens is 292 g/mol. The Morgan fingerprint density at radius 3 is 2.95 bits per heavy atom. The Balaban J connectivity index is 1.95. The summed E-state index contributed by atoms with van der Waals surface area (Å²) in [4.78, 5) is 0.436. The van der Waals surface area contributed by atoms with Crippen molar-refractivity contribution in [1.29, 1.82) is 0 Å². The van der Waals surface area contributed by atoms with Crippen molar-refractivity contribution in [2.24, 2.45) is 0 Å². The van der Waals surface area contributed by atoms with E-state index in [9.17, 15) is 8.42 Å². The van der Waals surface area contributed by atoms with E-state index in [4.69, 9.17) is 0 Å². The summed E-state index contributed by atoms with van der Waals surface area (Å²) < 4.78 is 27.3. The molecule has 1 N–H and O–H groups in total. The second-order valence-corrected chi connectivity index (χ2v) is 8.80. The molecule has 4 nitrogen and oxygen atoms in total. The van der Waals surface area contributed by atoms with Gasteiger partial charge < -0.3 is 5.32 Å². The maximum absolute atomic E-state index is 12.8. The highest BCUT2D eigenvalue weighted by atomic mass is 32.2. The third-order valence-electron chi connectivity index (χ3n) is 4.22. The number of hydrogen-bond acceptors (Lipinski definition) is 4. The van der Waals surface area contributed by atoms with E-state index < -0.39 is 10.0 Å². The molecule has 0 saturated carbocycles. The van der Waals surface area contributed by atoms with Gasteiger partial charge in [0.05, 0.1) is 4.90 Å². The summed E-state index contributed by atoms with van der Waals surface area (Å²) in [6.07, 6.45) is 0.903. The molecule has 1 aromatic rings. The standard InChI is InChI=1S/C14H20N2O2S2/c1-10-11(2)19-8-7-16(10)20(17,18)13-3-4-14-12(9-13)5-6-15-14/h3-4,9-11,15H,5-8H2,1-2H3. The molecule has 20 heavy (non-hydrogen) atoms. The second-order valence-electron chi connectivity index (χ2n) is 5.43. The van der Waals surface area contributed by atoms with Crippen molar-refractivity contribution >= 4 is 27.5 Å². The number of rotatable bonds is 2. The van der Waals surface area contributed by atoms with E-state index in [1.54, 1.807) is 10.4 Å². The third kappa shape index (κ3) is 2.34. The Morgan fingerprint density at radius 1 is 1.35 bits per heavy atom. The lowest BCUT2D eigenvalue weighted by atomic mass is 10.2. The summed E-state index contributed by atoms with van der Waals surface area (Å²) in [7, 11) is -3.37. The Hall–Kier alpha value is -0.720. The zero-order valence-corrected chi connectivity index (χ0v) is 13.4. The van der Waals surface area contributed by atoms with Crippen molar-refractivity contribution in [2.45, 2.75) is 36.5 Å². The molecule has 1 fully saturated rings.